The molecule has 1 aromatic heterocycles. The second-order valence-electron chi connectivity index (χ2n) is 7.13. The van der Waals surface area contributed by atoms with Crippen LogP contribution in [-0.2, 0) is 18.4 Å². The van der Waals surface area contributed by atoms with Crippen molar-refractivity contribution < 1.29 is 9.50 Å². The van der Waals surface area contributed by atoms with Crippen LogP contribution in [0, 0.1) is 24.1 Å². The Morgan fingerprint density at radius 3 is 2.36 bits per heavy atom. The van der Waals surface area contributed by atoms with Crippen molar-refractivity contribution in [2.24, 2.45) is 0 Å². The first-order valence-corrected chi connectivity index (χ1v) is 8.34. The maximum absolute atomic E-state index is 14.3. The van der Waals surface area contributed by atoms with E-state index in [4.69, 9.17) is 0 Å². The van der Waals surface area contributed by atoms with Crippen molar-refractivity contribution in [3.63, 3.8) is 0 Å². The van der Waals surface area contributed by atoms with Crippen LogP contribution in [0.15, 0.2) is 29.8 Å². The second-order valence-corrected chi connectivity index (χ2v) is 7.13. The molecule has 4 nitrogen and oxygen atoms in total. The highest BCUT2D eigenvalue weighted by atomic mass is 19.1. The van der Waals surface area contributed by atoms with E-state index in [0.717, 1.165) is 5.56 Å². The van der Waals surface area contributed by atoms with Gasteiger partial charge >= 0.3 is 0 Å². The molecule has 0 spiro atoms. The van der Waals surface area contributed by atoms with Gasteiger partial charge in [-0.3, -0.25) is 4.68 Å². The molecule has 0 saturated heterocycles. The first-order chi connectivity index (χ1) is 11.7. The molecular formula is C20H24FN3O. The summed E-state index contributed by atoms with van der Waals surface area (Å²) >= 11 is 0. The van der Waals surface area contributed by atoms with E-state index in [0.29, 0.717) is 6.54 Å². The zero-order valence-corrected chi connectivity index (χ0v) is 15.4. The largest absolute Gasteiger partial charge is 0.505 e. The van der Waals surface area contributed by atoms with Gasteiger partial charge in [0.2, 0.25) is 0 Å². The molecule has 1 aromatic carbocycles. The Morgan fingerprint density at radius 2 is 1.88 bits per heavy atom. The number of nitriles is 1. The molecular weight excluding hydrogens is 317 g/mol. The first-order valence-electron chi connectivity index (χ1n) is 8.34. The number of aryl methyl sites for hydroxylation is 2. The Balaban J connectivity index is 2.40. The number of benzene rings is 1. The van der Waals surface area contributed by atoms with Gasteiger partial charge in [-0.25, -0.2) is 4.39 Å². The minimum atomic E-state index is -0.588. The first kappa shape index (κ1) is 18.7. The van der Waals surface area contributed by atoms with Gasteiger partial charge in [0, 0.05) is 13.0 Å². The minimum absolute atomic E-state index is 0.0251. The SMILES string of the molecule is CCn1nc(C)c(F)c1/C(O)=C(\C#N)Cc1ccc(C(C)(C)C)cc1. The zero-order chi connectivity index (χ0) is 18.8. The molecule has 0 radical (unpaired) electrons. The summed E-state index contributed by atoms with van der Waals surface area (Å²) in [6.45, 7) is 10.1. The number of allylic oxidation sites excluding steroid dienone is 1. The highest BCUT2D eigenvalue weighted by molar-refractivity contribution is 5.64. The Morgan fingerprint density at radius 1 is 1.28 bits per heavy atom. The lowest BCUT2D eigenvalue weighted by Gasteiger charge is -2.19. The molecule has 0 aliphatic heterocycles. The third-order valence-electron chi connectivity index (χ3n) is 4.20. The average molecular weight is 341 g/mol. The van der Waals surface area contributed by atoms with Gasteiger partial charge in [-0.15, -0.1) is 0 Å². The van der Waals surface area contributed by atoms with Crippen LogP contribution in [-0.4, -0.2) is 14.9 Å². The highest BCUT2D eigenvalue weighted by Crippen LogP contribution is 2.26. The van der Waals surface area contributed by atoms with E-state index in [-0.39, 0.29) is 34.6 Å². The Hall–Kier alpha value is -2.61. The Labute approximate surface area is 148 Å². The van der Waals surface area contributed by atoms with Crippen molar-refractivity contribution in [3.8, 4) is 6.07 Å². The van der Waals surface area contributed by atoms with E-state index >= 15 is 0 Å². The number of aromatic nitrogens is 2. The van der Waals surface area contributed by atoms with E-state index in [1.165, 1.54) is 17.2 Å². The minimum Gasteiger partial charge on any atom is -0.505 e. The van der Waals surface area contributed by atoms with Crippen molar-refractivity contribution >= 4 is 5.76 Å². The molecule has 0 atom stereocenters. The molecule has 0 fully saturated rings. The number of aliphatic hydroxyl groups is 1. The maximum atomic E-state index is 14.3. The van der Waals surface area contributed by atoms with E-state index in [1.807, 2.05) is 30.3 Å². The summed E-state index contributed by atoms with van der Waals surface area (Å²) < 4.78 is 15.7. The van der Waals surface area contributed by atoms with Crippen LogP contribution in [0.5, 0.6) is 0 Å². The van der Waals surface area contributed by atoms with Crippen LogP contribution >= 0.6 is 0 Å². The van der Waals surface area contributed by atoms with Gasteiger partial charge in [0.05, 0.1) is 17.3 Å². The summed E-state index contributed by atoms with van der Waals surface area (Å²) in [6, 6.07) is 9.90. The predicted octanol–water partition coefficient (Wildman–Crippen LogP) is 4.68. The fourth-order valence-corrected chi connectivity index (χ4v) is 2.66. The quantitative estimate of drug-likeness (QED) is 0.648. The zero-order valence-electron chi connectivity index (χ0n) is 15.4. The monoisotopic (exact) mass is 341 g/mol. The lowest BCUT2D eigenvalue weighted by molar-refractivity contribution is 0.480. The van der Waals surface area contributed by atoms with Gasteiger partial charge in [0.15, 0.2) is 11.6 Å². The summed E-state index contributed by atoms with van der Waals surface area (Å²) in [5.41, 5.74) is 2.42. The molecule has 0 bridgehead atoms. The number of rotatable bonds is 4. The van der Waals surface area contributed by atoms with Gasteiger partial charge in [0.1, 0.15) is 5.69 Å². The summed E-state index contributed by atoms with van der Waals surface area (Å²) in [4.78, 5) is 0. The molecule has 132 valence electrons. The lowest BCUT2D eigenvalue weighted by Crippen LogP contribution is -2.10. The van der Waals surface area contributed by atoms with E-state index in [9.17, 15) is 14.8 Å². The summed E-state index contributed by atoms with van der Waals surface area (Å²) in [7, 11) is 0. The van der Waals surface area contributed by atoms with Crippen LogP contribution in [0.25, 0.3) is 5.76 Å². The van der Waals surface area contributed by atoms with Crippen LogP contribution in [0.3, 0.4) is 0 Å². The average Bonchev–Trinajstić information content (AvgIpc) is 2.86. The third kappa shape index (κ3) is 3.90. The van der Waals surface area contributed by atoms with Crippen LogP contribution < -0.4 is 0 Å². The molecule has 1 N–H and O–H groups in total. The van der Waals surface area contributed by atoms with E-state index in [1.54, 1.807) is 6.92 Å². The molecule has 0 aliphatic rings. The van der Waals surface area contributed by atoms with Crippen molar-refractivity contribution in [1.82, 2.24) is 9.78 Å². The van der Waals surface area contributed by atoms with Gasteiger partial charge in [0.25, 0.3) is 0 Å². The predicted molar refractivity (Wildman–Crippen MR) is 96.6 cm³/mol. The Kier molecular flexibility index (Phi) is 5.32. The van der Waals surface area contributed by atoms with Crippen molar-refractivity contribution in [2.45, 2.75) is 53.0 Å². The van der Waals surface area contributed by atoms with Gasteiger partial charge in [-0.1, -0.05) is 45.0 Å². The smallest absolute Gasteiger partial charge is 0.175 e. The van der Waals surface area contributed by atoms with Crippen molar-refractivity contribution in [2.75, 3.05) is 0 Å². The lowest BCUT2D eigenvalue weighted by atomic mass is 9.86. The summed E-state index contributed by atoms with van der Waals surface area (Å²) in [5.74, 6) is -0.933. The molecule has 2 rings (SSSR count). The topological polar surface area (TPSA) is 61.8 Å². The number of nitrogens with zero attached hydrogens (tertiary/aromatic N) is 3. The number of hydrogen-bond acceptors (Lipinski definition) is 3. The molecule has 2 aromatic rings. The van der Waals surface area contributed by atoms with Crippen LogP contribution in [0.4, 0.5) is 4.39 Å². The fraction of sp³-hybridized carbons (Fsp3) is 0.400. The highest BCUT2D eigenvalue weighted by Gasteiger charge is 2.21. The molecule has 0 aliphatic carbocycles. The Bertz CT molecular complexity index is 834. The van der Waals surface area contributed by atoms with Gasteiger partial charge in [-0.2, -0.15) is 10.4 Å². The second kappa shape index (κ2) is 7.10. The summed E-state index contributed by atoms with van der Waals surface area (Å²) in [5, 5.41) is 24.0. The third-order valence-corrected chi connectivity index (χ3v) is 4.20. The van der Waals surface area contributed by atoms with Crippen molar-refractivity contribution in [3.05, 3.63) is 58.2 Å². The maximum Gasteiger partial charge on any atom is 0.175 e. The van der Waals surface area contributed by atoms with Gasteiger partial charge < -0.3 is 5.11 Å². The van der Waals surface area contributed by atoms with Crippen LogP contribution in [0.1, 0.15) is 50.2 Å². The van der Waals surface area contributed by atoms with Crippen LogP contribution in [0.2, 0.25) is 0 Å². The van der Waals surface area contributed by atoms with Crippen molar-refractivity contribution in [1.29, 1.82) is 5.26 Å². The standard InChI is InChI=1S/C20H24FN3O/c1-6-24-18(17(21)13(2)23-24)19(25)15(12-22)11-14-7-9-16(10-8-14)20(3,4)5/h7-10,25H,6,11H2,1-5H3/b19-15+. The summed E-state index contributed by atoms with van der Waals surface area (Å²) in [6.07, 6.45) is 0.236. The molecule has 25 heavy (non-hydrogen) atoms. The molecule has 1 heterocycles. The molecule has 5 heteroatoms. The molecule has 0 amide bonds. The fourth-order valence-electron chi connectivity index (χ4n) is 2.66. The normalized spacial score (nSPS) is 12.7. The molecule has 0 saturated carbocycles. The number of aliphatic hydroxyl groups excluding tert-OH is 1. The van der Waals surface area contributed by atoms with Gasteiger partial charge in [-0.05, 0) is 30.4 Å². The number of hydrogen-bond donors (Lipinski definition) is 1. The van der Waals surface area contributed by atoms with E-state index < -0.39 is 5.82 Å². The number of halogens is 1. The van der Waals surface area contributed by atoms with E-state index in [2.05, 4.69) is 25.9 Å². The molecule has 0 unspecified atom stereocenters.